The Kier molecular flexibility index (Phi) is 5.03. The van der Waals surface area contributed by atoms with Gasteiger partial charge in [0.2, 0.25) is 0 Å². The fourth-order valence-electron chi connectivity index (χ4n) is 3.80. The van der Waals surface area contributed by atoms with Gasteiger partial charge in [0.25, 0.3) is 5.56 Å². The molecule has 0 saturated carbocycles. The smallest absolute Gasteiger partial charge is 0.278 e. The van der Waals surface area contributed by atoms with Crippen molar-refractivity contribution >= 4 is 0 Å². The van der Waals surface area contributed by atoms with Crippen molar-refractivity contribution in [2.24, 2.45) is 0 Å². The minimum absolute atomic E-state index is 0.174. The van der Waals surface area contributed by atoms with E-state index in [4.69, 9.17) is 0 Å². The fraction of sp³-hybridized carbons (Fsp3) is 0.0769. The molecule has 32 heavy (non-hydrogen) atoms. The normalized spacial score (nSPS) is 11.2. The van der Waals surface area contributed by atoms with Crippen LogP contribution in [0, 0.1) is 5.82 Å². The lowest BCUT2D eigenvalue weighted by Crippen LogP contribution is -2.17. The van der Waals surface area contributed by atoms with Crippen LogP contribution >= 0.6 is 0 Å². The summed E-state index contributed by atoms with van der Waals surface area (Å²) in [5.74, 6) is 0.427. The van der Waals surface area contributed by atoms with Gasteiger partial charge in [-0.05, 0) is 53.1 Å². The molecule has 0 radical (unpaired) electrons. The third kappa shape index (κ3) is 3.90. The van der Waals surface area contributed by atoms with Crippen molar-refractivity contribution in [3.8, 4) is 22.8 Å². The Labute approximate surface area is 183 Å². The number of phenolic OH excluding ortho intramolecular Hbond substituents is 1. The van der Waals surface area contributed by atoms with Gasteiger partial charge in [-0.15, -0.1) is 0 Å². The van der Waals surface area contributed by atoms with Gasteiger partial charge in [0.15, 0.2) is 5.82 Å². The fourth-order valence-corrected chi connectivity index (χ4v) is 3.80. The Morgan fingerprint density at radius 2 is 1.56 bits per heavy atom. The molecule has 0 atom stereocenters. The number of hydrogen-bond acceptors (Lipinski definition) is 3. The molecule has 0 fully saturated rings. The predicted octanol–water partition coefficient (Wildman–Crippen LogP) is 4.69. The van der Waals surface area contributed by atoms with E-state index in [1.807, 2.05) is 30.3 Å². The number of halogens is 1. The molecule has 6 heteroatoms. The number of nitrogens with zero attached hydrogens (tertiary/aromatic N) is 2. The number of nitrogens with one attached hydrogen (secondary N) is 1. The van der Waals surface area contributed by atoms with Gasteiger partial charge in [-0.1, -0.05) is 42.5 Å². The first-order valence-electron chi connectivity index (χ1n) is 10.3. The number of imidazole rings is 1. The zero-order chi connectivity index (χ0) is 22.1. The average molecular weight is 425 g/mol. The Morgan fingerprint density at radius 3 is 2.28 bits per heavy atom. The summed E-state index contributed by atoms with van der Waals surface area (Å²) in [7, 11) is 0. The van der Waals surface area contributed by atoms with Crippen molar-refractivity contribution in [3.63, 3.8) is 0 Å². The lowest BCUT2D eigenvalue weighted by Gasteiger charge is -2.13. The van der Waals surface area contributed by atoms with Gasteiger partial charge in [-0.3, -0.25) is 9.36 Å². The summed E-state index contributed by atoms with van der Waals surface area (Å²) in [5, 5.41) is 9.63. The zero-order valence-electron chi connectivity index (χ0n) is 17.1. The number of aromatic amines is 1. The maximum Gasteiger partial charge on any atom is 0.278 e. The summed E-state index contributed by atoms with van der Waals surface area (Å²) in [4.78, 5) is 21.3. The molecule has 5 nitrogen and oxygen atoms in total. The van der Waals surface area contributed by atoms with Crippen molar-refractivity contribution < 1.29 is 9.50 Å². The minimum Gasteiger partial charge on any atom is -0.508 e. The van der Waals surface area contributed by atoms with E-state index >= 15 is 0 Å². The quantitative estimate of drug-likeness (QED) is 0.429. The summed E-state index contributed by atoms with van der Waals surface area (Å²) >= 11 is 0. The molecule has 0 unspecified atom stereocenters. The van der Waals surface area contributed by atoms with Crippen LogP contribution in [-0.2, 0) is 12.8 Å². The van der Waals surface area contributed by atoms with E-state index in [-0.39, 0.29) is 17.1 Å². The highest BCUT2D eigenvalue weighted by Gasteiger charge is 2.20. The monoisotopic (exact) mass is 425 g/mol. The predicted molar refractivity (Wildman–Crippen MR) is 121 cm³/mol. The van der Waals surface area contributed by atoms with Gasteiger partial charge >= 0.3 is 0 Å². The maximum atomic E-state index is 13.3. The van der Waals surface area contributed by atoms with Crippen LogP contribution in [-0.4, -0.2) is 19.6 Å². The van der Waals surface area contributed by atoms with Crippen LogP contribution in [0.25, 0.3) is 17.1 Å². The van der Waals surface area contributed by atoms with Gasteiger partial charge in [-0.25, -0.2) is 9.37 Å². The van der Waals surface area contributed by atoms with Crippen LogP contribution < -0.4 is 5.56 Å². The molecule has 2 aliphatic rings. The standard InChI is InChI=1S/C26H20FN3O2/c27-20-10-6-18(7-11-20)15-23-26(32)30-16-24(19-8-12-21(31)13-9-19)28-22(25(30)29-23)14-17-4-2-1-3-5-17/h1-13,16,28,31H,14-15H2. The van der Waals surface area contributed by atoms with E-state index in [2.05, 4.69) is 9.97 Å². The number of aromatic nitrogens is 3. The van der Waals surface area contributed by atoms with Crippen molar-refractivity contribution in [2.75, 3.05) is 0 Å². The molecule has 5 rings (SSSR count). The van der Waals surface area contributed by atoms with Gasteiger partial charge in [0, 0.05) is 19.0 Å². The van der Waals surface area contributed by atoms with E-state index in [0.717, 1.165) is 28.1 Å². The molecular weight excluding hydrogens is 405 g/mol. The van der Waals surface area contributed by atoms with Crippen LogP contribution in [0.4, 0.5) is 4.39 Å². The molecule has 0 aromatic heterocycles. The van der Waals surface area contributed by atoms with Crippen LogP contribution in [0.2, 0.25) is 0 Å². The molecule has 0 saturated heterocycles. The van der Waals surface area contributed by atoms with Gasteiger partial charge in [-0.2, -0.15) is 0 Å². The molecule has 2 heterocycles. The summed E-state index contributed by atoms with van der Waals surface area (Å²) in [6.07, 6.45) is 2.63. The second kappa shape index (κ2) is 8.15. The minimum atomic E-state index is -0.315. The second-order valence-electron chi connectivity index (χ2n) is 7.72. The highest BCUT2D eigenvalue weighted by molar-refractivity contribution is 5.61. The Morgan fingerprint density at radius 1 is 0.875 bits per heavy atom. The van der Waals surface area contributed by atoms with Crippen LogP contribution in [0.3, 0.4) is 0 Å². The Hall–Kier alpha value is -4.19. The molecular formula is C26H20FN3O2. The van der Waals surface area contributed by atoms with Crippen molar-refractivity contribution in [2.45, 2.75) is 12.8 Å². The zero-order valence-corrected chi connectivity index (χ0v) is 17.1. The van der Waals surface area contributed by atoms with E-state index in [9.17, 15) is 14.3 Å². The van der Waals surface area contributed by atoms with Gasteiger partial charge < -0.3 is 10.1 Å². The molecule has 3 aromatic carbocycles. The van der Waals surface area contributed by atoms with Gasteiger partial charge in [0.1, 0.15) is 17.3 Å². The van der Waals surface area contributed by atoms with Crippen LogP contribution in [0.5, 0.6) is 5.75 Å². The third-order valence-electron chi connectivity index (χ3n) is 5.44. The number of hydrogen-bond donors (Lipinski definition) is 2. The third-order valence-corrected chi connectivity index (χ3v) is 5.44. The topological polar surface area (TPSA) is 70.9 Å². The summed E-state index contributed by atoms with van der Waals surface area (Å²) in [5.41, 5.74) is 4.50. The highest BCUT2D eigenvalue weighted by atomic mass is 19.1. The number of phenols is 1. The Bertz CT molecular complexity index is 1390. The first kappa shape index (κ1) is 19.8. The molecule has 3 aromatic rings. The van der Waals surface area contributed by atoms with Crippen LogP contribution in [0.1, 0.15) is 22.5 Å². The highest BCUT2D eigenvalue weighted by Crippen LogP contribution is 2.25. The van der Waals surface area contributed by atoms with Crippen molar-refractivity contribution in [1.29, 1.82) is 0 Å². The largest absolute Gasteiger partial charge is 0.508 e. The molecule has 2 aliphatic heterocycles. The second-order valence-corrected chi connectivity index (χ2v) is 7.72. The summed E-state index contributed by atoms with van der Waals surface area (Å²) in [6.45, 7) is 0. The van der Waals surface area contributed by atoms with Crippen LogP contribution in [0.15, 0.2) is 89.9 Å². The first-order valence-corrected chi connectivity index (χ1v) is 10.3. The lowest BCUT2D eigenvalue weighted by atomic mass is 10.1. The molecule has 0 amide bonds. The summed E-state index contributed by atoms with van der Waals surface area (Å²) < 4.78 is 14.8. The number of aromatic hydroxyl groups is 1. The maximum absolute atomic E-state index is 13.3. The van der Waals surface area contributed by atoms with Crippen molar-refractivity contribution in [3.05, 3.63) is 124 Å². The lowest BCUT2D eigenvalue weighted by molar-refractivity contribution is 0.475. The average Bonchev–Trinajstić information content (AvgIpc) is 3.12. The Balaban J connectivity index is 1.63. The number of benzene rings is 3. The molecule has 0 bridgehead atoms. The van der Waals surface area contributed by atoms with E-state index < -0.39 is 0 Å². The van der Waals surface area contributed by atoms with E-state index in [1.54, 1.807) is 47.2 Å². The molecule has 0 aliphatic carbocycles. The molecule has 2 N–H and O–H groups in total. The summed E-state index contributed by atoms with van der Waals surface area (Å²) in [6, 6.07) is 22.8. The number of rotatable bonds is 5. The number of H-pyrrole nitrogens is 1. The first-order chi connectivity index (χ1) is 15.6. The number of fused-ring (bicyclic) bond motifs is 1. The molecule has 158 valence electrons. The SMILES string of the molecule is O=c1c(Cc2ccc(F)cc2)nc2c(Cc3ccccc3)[nH]c(-c3ccc(O)cc3)cn1-2. The van der Waals surface area contributed by atoms with E-state index in [0.29, 0.717) is 24.4 Å². The van der Waals surface area contributed by atoms with E-state index in [1.165, 1.54) is 12.1 Å². The molecule has 0 spiro atoms. The van der Waals surface area contributed by atoms with Gasteiger partial charge in [0.05, 0.1) is 11.4 Å². The van der Waals surface area contributed by atoms with Crippen molar-refractivity contribution in [1.82, 2.24) is 14.5 Å².